The molecule has 112 valence electrons. The Kier molecular flexibility index (Phi) is 4.94. The number of nitro benzene ring substituents is 1. The lowest BCUT2D eigenvalue weighted by atomic mass is 10.1. The summed E-state index contributed by atoms with van der Waals surface area (Å²) in [5.74, 6) is 0.656. The van der Waals surface area contributed by atoms with Crippen LogP contribution in [0.5, 0.6) is 5.75 Å². The molecule has 0 amide bonds. The molecule has 6 nitrogen and oxygen atoms in total. The van der Waals surface area contributed by atoms with E-state index in [1.807, 2.05) is 18.3 Å². The average Bonchev–Trinajstić information content (AvgIpc) is 2.92. The molecule has 0 fully saturated rings. The Morgan fingerprint density at radius 3 is 2.86 bits per heavy atom. The summed E-state index contributed by atoms with van der Waals surface area (Å²) in [4.78, 5) is 10.5. The normalized spacial score (nSPS) is 10.6. The van der Waals surface area contributed by atoms with Crippen molar-refractivity contribution in [1.82, 2.24) is 9.88 Å². The Hall–Kier alpha value is -2.34. The number of rotatable bonds is 7. The second-order valence-electron chi connectivity index (χ2n) is 4.66. The number of non-ortho nitro benzene ring substituents is 1. The molecule has 0 atom stereocenters. The van der Waals surface area contributed by atoms with Crippen molar-refractivity contribution < 1.29 is 9.66 Å². The third-order valence-electron chi connectivity index (χ3n) is 3.30. The zero-order valence-electron chi connectivity index (χ0n) is 12.2. The van der Waals surface area contributed by atoms with Gasteiger partial charge in [-0.1, -0.05) is 6.92 Å². The number of nitrogens with zero attached hydrogens (tertiary/aromatic N) is 2. The molecule has 0 unspecified atom stereocenters. The molecule has 1 aromatic heterocycles. The second-order valence-corrected chi connectivity index (χ2v) is 4.66. The summed E-state index contributed by atoms with van der Waals surface area (Å²) in [6.45, 7) is 4.25. The molecule has 6 heteroatoms. The minimum absolute atomic E-state index is 0.0752. The molecule has 1 heterocycles. The van der Waals surface area contributed by atoms with Crippen LogP contribution in [0.1, 0.15) is 18.2 Å². The summed E-state index contributed by atoms with van der Waals surface area (Å²) in [7, 11) is 1.57. The Morgan fingerprint density at radius 2 is 2.19 bits per heavy atom. The van der Waals surface area contributed by atoms with Crippen molar-refractivity contribution in [3.8, 4) is 5.75 Å². The van der Waals surface area contributed by atoms with Crippen molar-refractivity contribution >= 4 is 5.69 Å². The number of nitro groups is 1. The second kappa shape index (κ2) is 6.90. The maximum absolute atomic E-state index is 10.9. The van der Waals surface area contributed by atoms with Gasteiger partial charge < -0.3 is 14.6 Å². The van der Waals surface area contributed by atoms with E-state index in [2.05, 4.69) is 16.8 Å². The van der Waals surface area contributed by atoms with E-state index in [1.54, 1.807) is 19.2 Å². The van der Waals surface area contributed by atoms with Gasteiger partial charge in [0.05, 0.1) is 18.6 Å². The molecule has 0 radical (unpaired) electrons. The fourth-order valence-corrected chi connectivity index (χ4v) is 2.20. The van der Waals surface area contributed by atoms with Crippen LogP contribution in [0.25, 0.3) is 0 Å². The molecule has 0 aliphatic carbocycles. The van der Waals surface area contributed by atoms with Crippen molar-refractivity contribution in [3.05, 3.63) is 57.9 Å². The molecular weight excluding hydrogens is 270 g/mol. The Balaban J connectivity index is 2.27. The van der Waals surface area contributed by atoms with Crippen LogP contribution < -0.4 is 10.1 Å². The van der Waals surface area contributed by atoms with Crippen LogP contribution in [-0.4, -0.2) is 23.1 Å². The zero-order chi connectivity index (χ0) is 15.2. The molecule has 2 rings (SSSR count). The topological polar surface area (TPSA) is 69.3 Å². The number of nitrogens with one attached hydrogen (secondary N) is 1. The molecule has 0 saturated carbocycles. The fourth-order valence-electron chi connectivity index (χ4n) is 2.20. The van der Waals surface area contributed by atoms with Crippen molar-refractivity contribution in [2.75, 3.05) is 13.7 Å². The van der Waals surface area contributed by atoms with Crippen molar-refractivity contribution in [3.63, 3.8) is 0 Å². The van der Waals surface area contributed by atoms with Crippen molar-refractivity contribution in [2.45, 2.75) is 20.0 Å². The van der Waals surface area contributed by atoms with E-state index in [4.69, 9.17) is 4.74 Å². The van der Waals surface area contributed by atoms with Gasteiger partial charge in [0.1, 0.15) is 5.75 Å². The van der Waals surface area contributed by atoms with E-state index < -0.39 is 4.92 Å². The predicted octanol–water partition coefficient (Wildman–Crippen LogP) is 2.56. The van der Waals surface area contributed by atoms with E-state index in [9.17, 15) is 10.1 Å². The minimum atomic E-state index is -0.391. The van der Waals surface area contributed by atoms with Crippen molar-refractivity contribution in [1.29, 1.82) is 0 Å². The van der Waals surface area contributed by atoms with E-state index in [-0.39, 0.29) is 5.69 Å². The highest BCUT2D eigenvalue weighted by atomic mass is 16.6. The van der Waals surface area contributed by atoms with Crippen molar-refractivity contribution in [2.24, 2.45) is 0 Å². The summed E-state index contributed by atoms with van der Waals surface area (Å²) in [6.07, 6.45) is 1.96. The summed E-state index contributed by atoms with van der Waals surface area (Å²) in [5.41, 5.74) is 2.00. The van der Waals surface area contributed by atoms with Crippen LogP contribution in [-0.2, 0) is 13.1 Å². The van der Waals surface area contributed by atoms with E-state index in [0.29, 0.717) is 12.3 Å². The van der Waals surface area contributed by atoms with Gasteiger partial charge in [0, 0.05) is 36.1 Å². The van der Waals surface area contributed by atoms with Crippen LogP contribution in [0, 0.1) is 10.1 Å². The largest absolute Gasteiger partial charge is 0.496 e. The molecule has 21 heavy (non-hydrogen) atoms. The van der Waals surface area contributed by atoms with Crippen LogP contribution >= 0.6 is 0 Å². The molecule has 0 aliphatic rings. The lowest BCUT2D eigenvalue weighted by Gasteiger charge is -2.12. The van der Waals surface area contributed by atoms with Gasteiger partial charge in [0.2, 0.25) is 0 Å². The van der Waals surface area contributed by atoms with Gasteiger partial charge in [-0.3, -0.25) is 10.1 Å². The monoisotopic (exact) mass is 289 g/mol. The number of hydrogen-bond acceptors (Lipinski definition) is 4. The first-order valence-corrected chi connectivity index (χ1v) is 6.81. The van der Waals surface area contributed by atoms with Crippen LogP contribution in [0.3, 0.4) is 0 Å². The molecule has 2 aromatic rings. The van der Waals surface area contributed by atoms with Gasteiger partial charge >= 0.3 is 0 Å². The minimum Gasteiger partial charge on any atom is -0.496 e. The van der Waals surface area contributed by atoms with E-state index in [1.165, 1.54) is 6.07 Å². The van der Waals surface area contributed by atoms with E-state index in [0.717, 1.165) is 24.3 Å². The zero-order valence-corrected chi connectivity index (χ0v) is 12.2. The van der Waals surface area contributed by atoms with Crippen LogP contribution in [0.15, 0.2) is 36.5 Å². The summed E-state index contributed by atoms with van der Waals surface area (Å²) in [5, 5.41) is 14.2. The molecule has 0 saturated heterocycles. The fraction of sp³-hybridized carbons (Fsp3) is 0.333. The smallest absolute Gasteiger partial charge is 0.270 e. The highest BCUT2D eigenvalue weighted by Crippen LogP contribution is 2.25. The predicted molar refractivity (Wildman–Crippen MR) is 80.6 cm³/mol. The summed E-state index contributed by atoms with van der Waals surface area (Å²) >= 11 is 0. The highest BCUT2D eigenvalue weighted by Gasteiger charge is 2.12. The number of ether oxygens (including phenoxy) is 1. The Morgan fingerprint density at radius 1 is 1.38 bits per heavy atom. The van der Waals surface area contributed by atoms with Crippen LogP contribution in [0.4, 0.5) is 5.69 Å². The van der Waals surface area contributed by atoms with Gasteiger partial charge in [0.25, 0.3) is 5.69 Å². The average molecular weight is 289 g/mol. The SMILES string of the molecule is CCNCc1cccn1Cc1cc([N+](=O)[O-])ccc1OC. The first-order valence-electron chi connectivity index (χ1n) is 6.81. The standard InChI is InChI=1S/C15H19N3O3/c1-3-16-10-14-5-4-8-17(14)11-12-9-13(18(19)20)6-7-15(12)21-2/h4-9,16H,3,10-11H2,1-2H3. The Labute approximate surface area is 123 Å². The first-order chi connectivity index (χ1) is 10.2. The molecule has 0 bridgehead atoms. The summed E-state index contributed by atoms with van der Waals surface area (Å²) in [6, 6.07) is 8.66. The number of aromatic nitrogens is 1. The van der Waals surface area contributed by atoms with Gasteiger partial charge in [-0.2, -0.15) is 0 Å². The molecule has 0 spiro atoms. The van der Waals surface area contributed by atoms with E-state index >= 15 is 0 Å². The molecule has 1 aromatic carbocycles. The first kappa shape index (κ1) is 15.1. The quantitative estimate of drug-likeness (QED) is 0.628. The molecule has 1 N–H and O–H groups in total. The third kappa shape index (κ3) is 3.61. The maximum atomic E-state index is 10.9. The maximum Gasteiger partial charge on any atom is 0.270 e. The summed E-state index contributed by atoms with van der Waals surface area (Å²) < 4.78 is 7.36. The van der Waals surface area contributed by atoms with Gasteiger partial charge in [-0.25, -0.2) is 0 Å². The number of methoxy groups -OCH3 is 1. The van der Waals surface area contributed by atoms with Crippen LogP contribution in [0.2, 0.25) is 0 Å². The lowest BCUT2D eigenvalue weighted by Crippen LogP contribution is -2.15. The Bertz CT molecular complexity index is 622. The van der Waals surface area contributed by atoms with Gasteiger partial charge in [-0.05, 0) is 24.7 Å². The molecule has 0 aliphatic heterocycles. The van der Waals surface area contributed by atoms with Gasteiger partial charge in [-0.15, -0.1) is 0 Å². The lowest BCUT2D eigenvalue weighted by molar-refractivity contribution is -0.384. The highest BCUT2D eigenvalue weighted by molar-refractivity contribution is 5.44. The van der Waals surface area contributed by atoms with Gasteiger partial charge in [0.15, 0.2) is 0 Å². The number of hydrogen-bond donors (Lipinski definition) is 1. The third-order valence-corrected chi connectivity index (χ3v) is 3.30. The number of benzene rings is 1. The molecular formula is C15H19N3O3.